The molecule has 0 radical (unpaired) electrons. The molecule has 0 amide bonds. The topological polar surface area (TPSA) is 76.6 Å². The van der Waals surface area contributed by atoms with E-state index in [1.54, 1.807) is 18.5 Å². The number of aryl methyl sites for hydroxylation is 1. The number of anilines is 1. The predicted molar refractivity (Wildman–Crippen MR) is 153 cm³/mol. The largest absolute Gasteiger partial charge is 0.376 e. The average molecular weight is 603 g/mol. The number of halogens is 4. The molecule has 3 fully saturated rings. The summed E-state index contributed by atoms with van der Waals surface area (Å²) in [4.78, 5) is 14.4. The SMILES string of the molecule is Cc1nc2c(N3C[C@@H](C)N(C(c4ccc(F)c(Cl)c4)C4CC(F)(F)C4)C[C@@H]3C)nc3nncn3c2n1C[C@@H]1CCCO1. The molecule has 7 rings (SSSR count). The quantitative estimate of drug-likeness (QED) is 0.291. The van der Waals surface area contributed by atoms with E-state index in [4.69, 9.17) is 26.3 Å². The molecular formula is C29H34ClF3N8O. The lowest BCUT2D eigenvalue weighted by molar-refractivity contribution is -0.137. The Balaban J connectivity index is 1.24. The number of benzene rings is 1. The van der Waals surface area contributed by atoms with Crippen LogP contribution in [0.2, 0.25) is 5.02 Å². The molecule has 1 aliphatic carbocycles. The highest BCUT2D eigenvalue weighted by Gasteiger charge is 2.51. The fraction of sp³-hybridized carbons (Fsp3) is 0.586. The van der Waals surface area contributed by atoms with Crippen LogP contribution in [0.3, 0.4) is 0 Å². The number of piperazine rings is 1. The van der Waals surface area contributed by atoms with E-state index in [1.165, 1.54) is 6.07 Å². The van der Waals surface area contributed by atoms with Crippen molar-refractivity contribution in [1.82, 2.24) is 34.0 Å². The molecule has 2 aliphatic heterocycles. The number of rotatable bonds is 6. The Bertz CT molecular complexity index is 1630. The average Bonchev–Trinajstić information content (AvgIpc) is 3.68. The first-order valence-electron chi connectivity index (χ1n) is 14.6. The van der Waals surface area contributed by atoms with Crippen molar-refractivity contribution in [3.63, 3.8) is 0 Å². The van der Waals surface area contributed by atoms with Crippen LogP contribution < -0.4 is 4.90 Å². The molecule has 1 aromatic carbocycles. The zero-order valence-electron chi connectivity index (χ0n) is 23.9. The highest BCUT2D eigenvalue weighted by atomic mass is 35.5. The Morgan fingerprint density at radius 1 is 1.14 bits per heavy atom. The second kappa shape index (κ2) is 10.3. The number of alkyl halides is 2. The first-order valence-corrected chi connectivity index (χ1v) is 15.0. The summed E-state index contributed by atoms with van der Waals surface area (Å²) in [6, 6.07) is 4.25. The minimum atomic E-state index is -2.67. The van der Waals surface area contributed by atoms with E-state index in [0.29, 0.717) is 25.4 Å². The third-order valence-corrected chi connectivity index (χ3v) is 9.52. The van der Waals surface area contributed by atoms with Gasteiger partial charge in [0.05, 0.1) is 17.7 Å². The lowest BCUT2D eigenvalue weighted by atomic mass is 9.73. The van der Waals surface area contributed by atoms with Gasteiger partial charge in [-0.3, -0.25) is 4.90 Å². The summed E-state index contributed by atoms with van der Waals surface area (Å²) in [6.07, 6.45) is 3.46. The summed E-state index contributed by atoms with van der Waals surface area (Å²) in [7, 11) is 0. The van der Waals surface area contributed by atoms with E-state index in [1.807, 2.05) is 11.3 Å². The van der Waals surface area contributed by atoms with Crippen LogP contribution in [-0.2, 0) is 11.3 Å². The van der Waals surface area contributed by atoms with Gasteiger partial charge in [-0.15, -0.1) is 10.2 Å². The van der Waals surface area contributed by atoms with Gasteiger partial charge in [-0.25, -0.2) is 22.6 Å². The third-order valence-electron chi connectivity index (χ3n) is 9.23. The maximum atomic E-state index is 14.1. The number of hydrogen-bond acceptors (Lipinski definition) is 7. The number of hydrogen-bond donors (Lipinski definition) is 0. The van der Waals surface area contributed by atoms with Crippen LogP contribution in [-0.4, -0.2) is 77.8 Å². The van der Waals surface area contributed by atoms with E-state index in [9.17, 15) is 13.2 Å². The van der Waals surface area contributed by atoms with Gasteiger partial charge in [-0.2, -0.15) is 4.98 Å². The number of nitrogens with zero attached hydrogens (tertiary/aromatic N) is 8. The molecule has 2 saturated heterocycles. The minimum absolute atomic E-state index is 0.00471. The number of aromatic nitrogens is 6. The second-order valence-corrected chi connectivity index (χ2v) is 12.6. The minimum Gasteiger partial charge on any atom is -0.376 e. The molecule has 42 heavy (non-hydrogen) atoms. The molecular weight excluding hydrogens is 569 g/mol. The van der Waals surface area contributed by atoms with Crippen LogP contribution in [0.15, 0.2) is 24.5 Å². The number of ether oxygens (including phenoxy) is 1. The Morgan fingerprint density at radius 2 is 1.95 bits per heavy atom. The van der Waals surface area contributed by atoms with Gasteiger partial charge >= 0.3 is 0 Å². The summed E-state index contributed by atoms with van der Waals surface area (Å²) < 4.78 is 52.2. The molecule has 224 valence electrons. The summed E-state index contributed by atoms with van der Waals surface area (Å²) in [6.45, 7) is 8.86. The Hall–Kier alpha value is -2.96. The van der Waals surface area contributed by atoms with Gasteiger partial charge in [0.25, 0.3) is 5.78 Å². The first kappa shape index (κ1) is 27.8. The Labute approximate surface area is 246 Å². The van der Waals surface area contributed by atoms with E-state index in [-0.39, 0.29) is 48.0 Å². The van der Waals surface area contributed by atoms with Crippen molar-refractivity contribution in [2.45, 2.75) is 83.2 Å². The predicted octanol–water partition coefficient (Wildman–Crippen LogP) is 5.44. The molecule has 4 atom stereocenters. The van der Waals surface area contributed by atoms with Gasteiger partial charge in [0, 0.05) is 50.7 Å². The lowest BCUT2D eigenvalue weighted by Gasteiger charge is -2.52. The first-order chi connectivity index (χ1) is 20.1. The van der Waals surface area contributed by atoms with Crippen LogP contribution in [0, 0.1) is 18.7 Å². The summed E-state index contributed by atoms with van der Waals surface area (Å²) >= 11 is 6.16. The fourth-order valence-electron chi connectivity index (χ4n) is 7.16. The van der Waals surface area contributed by atoms with E-state index >= 15 is 0 Å². The number of imidazole rings is 1. The van der Waals surface area contributed by atoms with Crippen LogP contribution in [0.5, 0.6) is 0 Å². The smallest absolute Gasteiger partial charge is 0.258 e. The highest BCUT2D eigenvalue weighted by Crippen LogP contribution is 2.51. The third kappa shape index (κ3) is 4.71. The van der Waals surface area contributed by atoms with Crippen LogP contribution in [0.1, 0.15) is 57.0 Å². The lowest BCUT2D eigenvalue weighted by Crippen LogP contribution is -2.59. The second-order valence-electron chi connectivity index (χ2n) is 12.2. The molecule has 1 saturated carbocycles. The van der Waals surface area contributed by atoms with Gasteiger partial charge in [-0.05, 0) is 57.2 Å². The zero-order chi connectivity index (χ0) is 29.3. The molecule has 13 heteroatoms. The maximum Gasteiger partial charge on any atom is 0.258 e. The van der Waals surface area contributed by atoms with Crippen molar-refractivity contribution < 1.29 is 17.9 Å². The molecule has 3 aliphatic rings. The van der Waals surface area contributed by atoms with Crippen molar-refractivity contribution in [2.24, 2.45) is 5.92 Å². The van der Waals surface area contributed by atoms with Crippen LogP contribution in [0.25, 0.3) is 16.9 Å². The molecule has 0 spiro atoms. The van der Waals surface area contributed by atoms with Crippen molar-refractivity contribution in [2.75, 3.05) is 24.6 Å². The fourth-order valence-corrected chi connectivity index (χ4v) is 7.35. The van der Waals surface area contributed by atoms with Crippen molar-refractivity contribution >= 4 is 34.4 Å². The normalized spacial score (nSPS) is 25.9. The Kier molecular flexibility index (Phi) is 6.86. The van der Waals surface area contributed by atoms with E-state index < -0.39 is 11.7 Å². The van der Waals surface area contributed by atoms with E-state index in [0.717, 1.165) is 47.8 Å². The summed E-state index contributed by atoms with van der Waals surface area (Å²) in [5.74, 6) is -1.36. The van der Waals surface area contributed by atoms with Crippen LogP contribution >= 0.6 is 11.6 Å². The Morgan fingerprint density at radius 3 is 2.67 bits per heavy atom. The molecule has 3 aromatic heterocycles. The molecule has 0 bridgehead atoms. The molecule has 0 N–H and O–H groups in total. The van der Waals surface area contributed by atoms with Crippen molar-refractivity contribution in [3.8, 4) is 0 Å². The molecule has 1 unspecified atom stereocenters. The summed E-state index contributed by atoms with van der Waals surface area (Å²) in [5, 5.41) is 8.42. The van der Waals surface area contributed by atoms with Crippen LogP contribution in [0.4, 0.5) is 19.0 Å². The highest BCUT2D eigenvalue weighted by molar-refractivity contribution is 6.30. The van der Waals surface area contributed by atoms with Gasteiger partial charge in [0.15, 0.2) is 11.5 Å². The summed E-state index contributed by atoms with van der Waals surface area (Å²) in [5.41, 5.74) is 2.42. The van der Waals surface area contributed by atoms with E-state index in [2.05, 4.69) is 38.4 Å². The zero-order valence-corrected chi connectivity index (χ0v) is 24.6. The van der Waals surface area contributed by atoms with Gasteiger partial charge in [0.2, 0.25) is 5.92 Å². The standard InChI is InChI=1S/C29H34ClF3N8O/c1-16-13-39(17(2)12-38(16)25(20-10-29(32,33)11-20)19-6-7-23(31)22(30)9-19)26-24-27(41-15-34-37-28(41)36-26)40(18(3)35-24)14-21-5-4-8-42-21/h6-7,9,15-17,20-21,25H,4-5,8,10-14H2,1-3H3/t16-,17+,21+,25?/m1/s1. The maximum absolute atomic E-state index is 14.1. The molecule has 4 aromatic rings. The molecule has 5 heterocycles. The van der Waals surface area contributed by atoms with Crippen molar-refractivity contribution in [3.05, 3.63) is 46.8 Å². The van der Waals surface area contributed by atoms with Gasteiger partial charge in [-0.1, -0.05) is 17.7 Å². The monoisotopic (exact) mass is 602 g/mol. The molecule has 9 nitrogen and oxygen atoms in total. The van der Waals surface area contributed by atoms with Gasteiger partial charge < -0.3 is 14.2 Å². The van der Waals surface area contributed by atoms with Gasteiger partial charge in [0.1, 0.15) is 23.5 Å². The number of fused-ring (bicyclic) bond motifs is 3. The van der Waals surface area contributed by atoms with Crippen molar-refractivity contribution in [1.29, 1.82) is 0 Å².